The fourth-order valence-corrected chi connectivity index (χ4v) is 5.17. The van der Waals surface area contributed by atoms with Gasteiger partial charge in [0.05, 0.1) is 20.1 Å². The number of aliphatic carboxylic acids is 1. The molecule has 3 rings (SSSR count). The Morgan fingerprint density at radius 2 is 2.00 bits per heavy atom. The zero-order valence-corrected chi connectivity index (χ0v) is 17.7. The van der Waals surface area contributed by atoms with Crippen LogP contribution in [-0.2, 0) is 10.2 Å². The van der Waals surface area contributed by atoms with Gasteiger partial charge in [-0.05, 0) is 56.5 Å². The molecule has 1 heterocycles. The van der Waals surface area contributed by atoms with Gasteiger partial charge in [0, 0.05) is 11.5 Å². The number of benzene rings is 1. The van der Waals surface area contributed by atoms with Crippen molar-refractivity contribution in [2.24, 2.45) is 11.8 Å². The zero-order valence-electron chi connectivity index (χ0n) is 17.7. The molecule has 1 fully saturated rings. The van der Waals surface area contributed by atoms with Gasteiger partial charge in [-0.3, -0.25) is 9.69 Å². The Labute approximate surface area is 168 Å². The number of carboxylic acids is 1. The molecular weight excluding hydrogens is 354 g/mol. The summed E-state index contributed by atoms with van der Waals surface area (Å²) in [6, 6.07) is 6.44. The van der Waals surface area contributed by atoms with Crippen LogP contribution in [0.4, 0.5) is 0 Å². The van der Waals surface area contributed by atoms with E-state index >= 15 is 0 Å². The Balaban J connectivity index is 2.02. The molecule has 5 nitrogen and oxygen atoms in total. The van der Waals surface area contributed by atoms with Crippen LogP contribution in [0.2, 0.25) is 0 Å². The average Bonchev–Trinajstić information content (AvgIpc) is 3.04. The number of likely N-dealkylation sites (tertiary alicyclic amines) is 1. The summed E-state index contributed by atoms with van der Waals surface area (Å²) >= 11 is 0. The molecule has 0 radical (unpaired) electrons. The van der Waals surface area contributed by atoms with E-state index in [4.69, 9.17) is 9.47 Å². The second kappa shape index (κ2) is 8.16. The van der Waals surface area contributed by atoms with E-state index in [1.165, 1.54) is 5.56 Å². The Morgan fingerprint density at radius 3 is 2.61 bits per heavy atom. The molecule has 1 aromatic carbocycles. The summed E-state index contributed by atoms with van der Waals surface area (Å²) in [6.07, 6.45) is 5.99. The number of carbonyl (C=O) groups is 1. The number of nitrogens with zero attached hydrogens (tertiary/aromatic N) is 1. The predicted octanol–water partition coefficient (Wildman–Crippen LogP) is 4.11. The molecule has 1 aliphatic heterocycles. The van der Waals surface area contributed by atoms with Gasteiger partial charge in [0.25, 0.3) is 0 Å². The molecule has 0 amide bonds. The van der Waals surface area contributed by atoms with Crippen LogP contribution in [-0.4, -0.2) is 49.8 Å². The minimum absolute atomic E-state index is 0.00366. The number of rotatable bonds is 7. The Hall–Kier alpha value is -2.01. The lowest BCUT2D eigenvalue weighted by Crippen LogP contribution is -2.43. The summed E-state index contributed by atoms with van der Waals surface area (Å²) in [5, 5.41) is 9.86. The molecule has 1 aliphatic carbocycles. The van der Waals surface area contributed by atoms with Crippen molar-refractivity contribution < 1.29 is 19.4 Å². The van der Waals surface area contributed by atoms with Crippen molar-refractivity contribution >= 4 is 5.97 Å². The van der Waals surface area contributed by atoms with Crippen molar-refractivity contribution in [3.05, 3.63) is 35.4 Å². The van der Waals surface area contributed by atoms with Crippen molar-refractivity contribution in [1.82, 2.24) is 4.90 Å². The molecule has 4 atom stereocenters. The van der Waals surface area contributed by atoms with E-state index in [2.05, 4.69) is 37.1 Å². The third-order valence-electron chi connectivity index (χ3n) is 7.02. The number of fused-ring (bicyclic) bond motifs is 1. The van der Waals surface area contributed by atoms with Crippen LogP contribution in [0, 0.1) is 11.8 Å². The third-order valence-corrected chi connectivity index (χ3v) is 7.02. The normalized spacial score (nSPS) is 26.9. The highest BCUT2D eigenvalue weighted by molar-refractivity contribution is 5.74. The number of methoxy groups -OCH3 is 2. The molecule has 1 saturated heterocycles. The van der Waals surface area contributed by atoms with Crippen LogP contribution in [0.15, 0.2) is 29.8 Å². The summed E-state index contributed by atoms with van der Waals surface area (Å²) in [5.41, 5.74) is 2.35. The summed E-state index contributed by atoms with van der Waals surface area (Å²) in [6.45, 7) is 5.12. The van der Waals surface area contributed by atoms with Gasteiger partial charge < -0.3 is 14.6 Å². The molecule has 1 N–H and O–H groups in total. The molecule has 1 aromatic rings. The van der Waals surface area contributed by atoms with E-state index in [9.17, 15) is 9.90 Å². The number of hydrogen-bond acceptors (Lipinski definition) is 4. The first kappa shape index (κ1) is 20.7. The van der Waals surface area contributed by atoms with Gasteiger partial charge in [0.1, 0.15) is 0 Å². The molecule has 0 saturated carbocycles. The first-order valence-corrected chi connectivity index (χ1v) is 10.2. The SMILES string of the molecule is CCC(C)C(C(=O)O)C1=C[C@@H]2N(C)CC[C@]2(c2ccc(OC)c(OC)c2)CC1. The van der Waals surface area contributed by atoms with Crippen LogP contribution < -0.4 is 9.47 Å². The second-order valence-corrected chi connectivity index (χ2v) is 8.34. The van der Waals surface area contributed by atoms with Crippen LogP contribution in [0.1, 0.15) is 45.1 Å². The molecule has 28 heavy (non-hydrogen) atoms. The van der Waals surface area contributed by atoms with Crippen LogP contribution in [0.5, 0.6) is 11.5 Å². The van der Waals surface area contributed by atoms with Crippen LogP contribution in [0.3, 0.4) is 0 Å². The largest absolute Gasteiger partial charge is 0.493 e. The zero-order chi connectivity index (χ0) is 20.5. The summed E-state index contributed by atoms with van der Waals surface area (Å²) in [4.78, 5) is 14.4. The van der Waals surface area contributed by atoms with Gasteiger partial charge in [0.2, 0.25) is 0 Å². The van der Waals surface area contributed by atoms with Gasteiger partial charge in [-0.1, -0.05) is 38.0 Å². The highest BCUT2D eigenvalue weighted by Crippen LogP contribution is 2.50. The lowest BCUT2D eigenvalue weighted by molar-refractivity contribution is -0.142. The van der Waals surface area contributed by atoms with Crippen LogP contribution >= 0.6 is 0 Å². The number of ether oxygens (including phenoxy) is 2. The first-order valence-electron chi connectivity index (χ1n) is 10.2. The molecule has 0 spiro atoms. The molecule has 5 heteroatoms. The maximum atomic E-state index is 12.0. The average molecular weight is 388 g/mol. The van der Waals surface area contributed by atoms with Gasteiger partial charge in [-0.15, -0.1) is 0 Å². The first-order chi connectivity index (χ1) is 13.4. The topological polar surface area (TPSA) is 59.0 Å². The van der Waals surface area contributed by atoms with Crippen molar-refractivity contribution in [3.63, 3.8) is 0 Å². The number of carboxylic acid groups (broad SMARTS) is 1. The minimum atomic E-state index is -0.695. The van der Waals surface area contributed by atoms with Crippen molar-refractivity contribution in [3.8, 4) is 11.5 Å². The standard InChI is InChI=1S/C23H33NO4/c1-6-15(2)21(22(25)26)16-9-10-23(11-12-24(3)20(23)13-16)17-7-8-18(27-4)19(14-17)28-5/h7-8,13-15,20-21H,6,9-12H2,1-5H3,(H,25,26)/t15?,20-,21?,23-/m0/s1. The lowest BCUT2D eigenvalue weighted by atomic mass is 9.65. The predicted molar refractivity (Wildman–Crippen MR) is 110 cm³/mol. The molecule has 0 aromatic heterocycles. The summed E-state index contributed by atoms with van der Waals surface area (Å²) in [5.74, 6) is 0.548. The maximum Gasteiger partial charge on any atom is 0.310 e. The van der Waals surface area contributed by atoms with Crippen molar-refractivity contribution in [1.29, 1.82) is 0 Å². The molecule has 154 valence electrons. The van der Waals surface area contributed by atoms with Gasteiger partial charge in [-0.25, -0.2) is 0 Å². The number of likely N-dealkylation sites (N-methyl/N-ethyl adjacent to an activating group) is 1. The third kappa shape index (κ3) is 3.41. The molecule has 2 unspecified atom stereocenters. The molecule has 0 bridgehead atoms. The van der Waals surface area contributed by atoms with E-state index in [1.807, 2.05) is 13.0 Å². The van der Waals surface area contributed by atoms with E-state index in [0.29, 0.717) is 0 Å². The summed E-state index contributed by atoms with van der Waals surface area (Å²) in [7, 11) is 5.46. The fourth-order valence-electron chi connectivity index (χ4n) is 5.17. The minimum Gasteiger partial charge on any atom is -0.493 e. The second-order valence-electron chi connectivity index (χ2n) is 8.34. The molecule has 2 aliphatic rings. The lowest BCUT2D eigenvalue weighted by Gasteiger charge is -2.42. The highest BCUT2D eigenvalue weighted by Gasteiger charge is 2.49. The van der Waals surface area contributed by atoms with E-state index in [0.717, 1.165) is 49.3 Å². The Morgan fingerprint density at radius 1 is 1.29 bits per heavy atom. The monoisotopic (exact) mass is 387 g/mol. The van der Waals surface area contributed by atoms with Gasteiger partial charge >= 0.3 is 5.97 Å². The van der Waals surface area contributed by atoms with Gasteiger partial charge in [0.15, 0.2) is 11.5 Å². The van der Waals surface area contributed by atoms with Crippen molar-refractivity contribution in [2.75, 3.05) is 27.8 Å². The van der Waals surface area contributed by atoms with E-state index in [1.54, 1.807) is 14.2 Å². The van der Waals surface area contributed by atoms with E-state index in [-0.39, 0.29) is 23.3 Å². The fraction of sp³-hybridized carbons (Fsp3) is 0.609. The smallest absolute Gasteiger partial charge is 0.310 e. The maximum absolute atomic E-state index is 12.0. The highest BCUT2D eigenvalue weighted by atomic mass is 16.5. The summed E-state index contributed by atoms with van der Waals surface area (Å²) < 4.78 is 11.0. The van der Waals surface area contributed by atoms with Gasteiger partial charge in [-0.2, -0.15) is 0 Å². The van der Waals surface area contributed by atoms with Crippen molar-refractivity contribution in [2.45, 2.75) is 51.0 Å². The van der Waals surface area contributed by atoms with E-state index < -0.39 is 5.97 Å². The number of hydrogen-bond donors (Lipinski definition) is 1. The molecular formula is C23H33NO4. The quantitative estimate of drug-likeness (QED) is 0.714. The van der Waals surface area contributed by atoms with Crippen LogP contribution in [0.25, 0.3) is 0 Å². The Bertz CT molecular complexity index is 759. The Kier molecular flexibility index (Phi) is 6.04.